The van der Waals surface area contributed by atoms with Crippen LogP contribution in [0.25, 0.3) is 0 Å². The molecule has 0 spiro atoms. The average molecular weight is 340 g/mol. The zero-order chi connectivity index (χ0) is 17.2. The highest BCUT2D eigenvalue weighted by atomic mass is 32.2. The van der Waals surface area contributed by atoms with Crippen LogP contribution in [0, 0.1) is 0 Å². The maximum Gasteiger partial charge on any atom is 0.410 e. The van der Waals surface area contributed by atoms with Gasteiger partial charge < -0.3 is 15.4 Å². The number of hydrogen-bond acceptors (Lipinski definition) is 5. The van der Waals surface area contributed by atoms with Crippen molar-refractivity contribution in [1.29, 1.82) is 0 Å². The Bertz CT molecular complexity index is 697. The van der Waals surface area contributed by atoms with E-state index in [-0.39, 0.29) is 23.1 Å². The van der Waals surface area contributed by atoms with Gasteiger partial charge >= 0.3 is 6.09 Å². The van der Waals surface area contributed by atoms with Crippen molar-refractivity contribution >= 4 is 21.8 Å². The topological polar surface area (TPSA) is 107 Å². The van der Waals surface area contributed by atoms with Gasteiger partial charge in [0.25, 0.3) is 0 Å². The molecule has 1 unspecified atom stereocenters. The maximum atomic E-state index is 12.6. The van der Waals surface area contributed by atoms with E-state index in [0.29, 0.717) is 13.0 Å². The Balaban J connectivity index is 2.12. The number of amides is 2. The summed E-state index contributed by atoms with van der Waals surface area (Å²) in [6, 6.07) is 5.50. The number of primary amides is 1. The van der Waals surface area contributed by atoms with E-state index in [2.05, 4.69) is 0 Å². The molecule has 0 radical (unpaired) electrons. The first-order chi connectivity index (χ1) is 10.7. The van der Waals surface area contributed by atoms with Gasteiger partial charge in [0.2, 0.25) is 5.91 Å². The lowest BCUT2D eigenvalue weighted by molar-refractivity contribution is 0.0837. The van der Waals surface area contributed by atoms with E-state index in [1.807, 2.05) is 0 Å². The lowest BCUT2D eigenvalue weighted by atomic mass is 10.2. The third-order valence-electron chi connectivity index (χ3n) is 3.65. The molecule has 8 heteroatoms. The van der Waals surface area contributed by atoms with Gasteiger partial charge in [0.1, 0.15) is 0 Å². The van der Waals surface area contributed by atoms with Gasteiger partial charge in [-0.15, -0.1) is 0 Å². The van der Waals surface area contributed by atoms with E-state index in [9.17, 15) is 18.0 Å². The zero-order valence-corrected chi connectivity index (χ0v) is 13.9. The molecule has 0 aromatic heterocycles. The minimum Gasteiger partial charge on any atom is -0.447 e. The molecule has 1 fully saturated rings. The van der Waals surface area contributed by atoms with Gasteiger partial charge in [0.15, 0.2) is 9.84 Å². The van der Waals surface area contributed by atoms with Crippen molar-refractivity contribution < 1.29 is 22.7 Å². The van der Waals surface area contributed by atoms with Crippen LogP contribution in [-0.2, 0) is 14.6 Å². The molecular formula is C15H20N2O5S. The minimum absolute atomic E-state index is 0.103. The second-order valence-corrected chi connectivity index (χ2v) is 7.95. The number of nitrogens with two attached hydrogens (primary N) is 1. The van der Waals surface area contributed by atoms with E-state index in [1.165, 1.54) is 29.2 Å². The highest BCUT2D eigenvalue weighted by Crippen LogP contribution is 2.24. The predicted molar refractivity (Wildman–Crippen MR) is 83.7 cm³/mol. The molecule has 0 bridgehead atoms. The van der Waals surface area contributed by atoms with Gasteiger partial charge in [-0.3, -0.25) is 4.79 Å². The standard InChI is InChI=1S/C15H20N2O5S/c1-10(2)22-15(19)17-8-7-13(9-17)23(20,21)12-5-3-11(4-6-12)14(16)18/h3-6,10,13H,7-9H2,1-2H3,(H2,16,18). The zero-order valence-electron chi connectivity index (χ0n) is 13.1. The molecule has 126 valence electrons. The number of benzene rings is 1. The van der Waals surface area contributed by atoms with Crippen molar-refractivity contribution in [2.24, 2.45) is 5.73 Å². The third-order valence-corrected chi connectivity index (χ3v) is 5.84. The minimum atomic E-state index is -3.58. The van der Waals surface area contributed by atoms with Gasteiger partial charge in [-0.2, -0.15) is 0 Å². The van der Waals surface area contributed by atoms with Crippen molar-refractivity contribution in [3.05, 3.63) is 29.8 Å². The molecule has 0 aliphatic carbocycles. The van der Waals surface area contributed by atoms with Crippen molar-refractivity contribution in [1.82, 2.24) is 4.90 Å². The Morgan fingerprint density at radius 1 is 1.26 bits per heavy atom. The van der Waals surface area contributed by atoms with Crippen LogP contribution >= 0.6 is 0 Å². The Labute approximate surface area is 135 Å². The Hall–Kier alpha value is -2.09. The summed E-state index contributed by atoms with van der Waals surface area (Å²) in [5.41, 5.74) is 5.39. The van der Waals surface area contributed by atoms with Crippen LogP contribution < -0.4 is 5.73 Å². The molecule has 1 saturated heterocycles. The van der Waals surface area contributed by atoms with Gasteiger partial charge in [0, 0.05) is 18.7 Å². The van der Waals surface area contributed by atoms with Gasteiger partial charge in [-0.1, -0.05) is 0 Å². The second-order valence-electron chi connectivity index (χ2n) is 5.72. The van der Waals surface area contributed by atoms with E-state index in [1.54, 1.807) is 13.8 Å². The summed E-state index contributed by atoms with van der Waals surface area (Å²) in [5.74, 6) is -0.613. The first-order valence-electron chi connectivity index (χ1n) is 7.31. The molecule has 1 aromatic carbocycles. The summed E-state index contributed by atoms with van der Waals surface area (Å²) in [4.78, 5) is 24.4. The molecule has 1 aliphatic heterocycles. The van der Waals surface area contributed by atoms with Gasteiger partial charge in [0.05, 0.1) is 16.2 Å². The first kappa shape index (κ1) is 17.3. The molecule has 2 rings (SSSR count). The Morgan fingerprint density at radius 3 is 2.39 bits per heavy atom. The molecule has 0 saturated carbocycles. The number of sulfone groups is 1. The van der Waals surface area contributed by atoms with Crippen LogP contribution in [0.2, 0.25) is 0 Å². The largest absolute Gasteiger partial charge is 0.447 e. The first-order valence-corrected chi connectivity index (χ1v) is 8.85. The molecule has 1 atom stereocenters. The maximum absolute atomic E-state index is 12.6. The molecule has 1 heterocycles. The van der Waals surface area contributed by atoms with Crippen molar-refractivity contribution in [3.63, 3.8) is 0 Å². The van der Waals surface area contributed by atoms with Crippen LogP contribution in [0.5, 0.6) is 0 Å². The van der Waals surface area contributed by atoms with Crippen LogP contribution in [0.15, 0.2) is 29.2 Å². The number of carbonyl (C=O) groups excluding carboxylic acids is 2. The number of ether oxygens (including phenoxy) is 1. The summed E-state index contributed by atoms with van der Waals surface area (Å²) in [7, 11) is -3.58. The fourth-order valence-corrected chi connectivity index (χ4v) is 4.12. The molecule has 7 nitrogen and oxygen atoms in total. The highest BCUT2D eigenvalue weighted by molar-refractivity contribution is 7.92. The van der Waals surface area contributed by atoms with Gasteiger partial charge in [-0.05, 0) is 44.5 Å². The number of carbonyl (C=O) groups is 2. The molecule has 23 heavy (non-hydrogen) atoms. The van der Waals surface area contributed by atoms with Crippen LogP contribution in [0.4, 0.5) is 4.79 Å². The van der Waals surface area contributed by atoms with E-state index >= 15 is 0 Å². The number of rotatable bonds is 4. The monoisotopic (exact) mass is 340 g/mol. The highest BCUT2D eigenvalue weighted by Gasteiger charge is 2.36. The smallest absolute Gasteiger partial charge is 0.410 e. The fraction of sp³-hybridized carbons (Fsp3) is 0.467. The normalized spacial score (nSPS) is 18.2. The molecule has 1 aromatic rings. The van der Waals surface area contributed by atoms with E-state index in [0.717, 1.165) is 0 Å². The summed E-state index contributed by atoms with van der Waals surface area (Å²) in [6.07, 6.45) is -0.395. The average Bonchev–Trinajstić information content (AvgIpc) is 2.97. The SMILES string of the molecule is CC(C)OC(=O)N1CCC(S(=O)(=O)c2ccc(C(N)=O)cc2)C1. The Kier molecular flexibility index (Phi) is 4.93. The quantitative estimate of drug-likeness (QED) is 0.885. The Morgan fingerprint density at radius 2 is 1.87 bits per heavy atom. The van der Waals surface area contributed by atoms with Crippen molar-refractivity contribution in [2.45, 2.75) is 36.5 Å². The lowest BCUT2D eigenvalue weighted by Crippen LogP contribution is -2.33. The molecule has 1 aliphatic rings. The third kappa shape index (κ3) is 3.82. The van der Waals surface area contributed by atoms with E-state index < -0.39 is 27.1 Å². The van der Waals surface area contributed by atoms with Crippen molar-refractivity contribution in [2.75, 3.05) is 13.1 Å². The van der Waals surface area contributed by atoms with Crippen molar-refractivity contribution in [3.8, 4) is 0 Å². The van der Waals surface area contributed by atoms with Gasteiger partial charge in [-0.25, -0.2) is 13.2 Å². The van der Waals surface area contributed by atoms with Crippen LogP contribution in [-0.4, -0.2) is 49.8 Å². The molecular weight excluding hydrogens is 320 g/mol. The summed E-state index contributed by atoms with van der Waals surface area (Å²) in [6.45, 7) is 3.92. The fourth-order valence-electron chi connectivity index (χ4n) is 2.42. The predicted octanol–water partition coefficient (Wildman–Crippen LogP) is 1.18. The van der Waals surface area contributed by atoms with E-state index in [4.69, 9.17) is 10.5 Å². The number of likely N-dealkylation sites (tertiary alicyclic amines) is 1. The summed E-state index contributed by atoms with van der Waals surface area (Å²) < 4.78 is 30.3. The lowest BCUT2D eigenvalue weighted by Gasteiger charge is -2.18. The number of nitrogens with zero attached hydrogens (tertiary/aromatic N) is 1. The summed E-state index contributed by atoms with van der Waals surface area (Å²) >= 11 is 0. The molecule has 2 N–H and O–H groups in total. The number of hydrogen-bond donors (Lipinski definition) is 1. The molecule has 2 amide bonds. The second kappa shape index (κ2) is 6.57. The van der Waals surface area contributed by atoms with Crippen LogP contribution in [0.3, 0.4) is 0 Å². The van der Waals surface area contributed by atoms with Crippen LogP contribution in [0.1, 0.15) is 30.6 Å². The summed E-state index contributed by atoms with van der Waals surface area (Å²) in [5, 5.41) is -0.679.